The average Bonchev–Trinajstić information content (AvgIpc) is 2.66. The smallest absolute Gasteiger partial charge is 0.303 e. The molecule has 0 unspecified atom stereocenters. The first-order valence-electron chi connectivity index (χ1n) is 6.20. The summed E-state index contributed by atoms with van der Waals surface area (Å²) in [4.78, 5) is 24.8. The van der Waals surface area contributed by atoms with Crippen molar-refractivity contribution in [3.63, 3.8) is 0 Å². The number of carboxylic acids is 1. The van der Waals surface area contributed by atoms with Crippen LogP contribution in [0.4, 0.5) is 0 Å². The zero-order valence-electron chi connectivity index (χ0n) is 10.9. The number of benzene rings is 1. The third-order valence-electron chi connectivity index (χ3n) is 2.79. The monoisotopic (exact) mass is 385 g/mol. The van der Waals surface area contributed by atoms with Crippen molar-refractivity contribution in [1.82, 2.24) is 4.90 Å². The minimum absolute atomic E-state index is 0.0295. The van der Waals surface area contributed by atoms with Crippen molar-refractivity contribution in [3.05, 3.63) is 39.2 Å². The van der Waals surface area contributed by atoms with Gasteiger partial charge in [-0.2, -0.15) is 0 Å². The number of thiocarbonyl (C=S) groups is 1. The number of carbonyl (C=O) groups excluding carboxylic acids is 1. The molecule has 0 atom stereocenters. The summed E-state index contributed by atoms with van der Waals surface area (Å²) >= 11 is 9.82. The van der Waals surface area contributed by atoms with Crippen molar-refractivity contribution in [2.75, 3.05) is 6.54 Å². The maximum absolute atomic E-state index is 12.3. The topological polar surface area (TPSA) is 57.6 Å². The largest absolute Gasteiger partial charge is 0.481 e. The molecule has 1 saturated heterocycles. The van der Waals surface area contributed by atoms with Crippen molar-refractivity contribution in [2.45, 2.75) is 12.8 Å². The maximum Gasteiger partial charge on any atom is 0.303 e. The van der Waals surface area contributed by atoms with Crippen LogP contribution in [0, 0.1) is 0 Å². The number of carboxylic acid groups (broad SMARTS) is 1. The van der Waals surface area contributed by atoms with Crippen LogP contribution in [-0.4, -0.2) is 32.7 Å². The lowest BCUT2D eigenvalue weighted by atomic mass is 10.2. The molecule has 1 fully saturated rings. The van der Waals surface area contributed by atoms with Crippen LogP contribution in [0.1, 0.15) is 18.4 Å². The van der Waals surface area contributed by atoms with E-state index in [1.165, 1.54) is 16.7 Å². The van der Waals surface area contributed by atoms with E-state index in [0.717, 1.165) is 10.0 Å². The minimum Gasteiger partial charge on any atom is -0.481 e. The third-order valence-corrected chi connectivity index (χ3v) is 4.66. The summed E-state index contributed by atoms with van der Waals surface area (Å²) in [5.74, 6) is -1.03. The molecule has 1 N–H and O–H groups in total. The predicted octanol–water partition coefficient (Wildman–Crippen LogP) is 3.52. The summed E-state index contributed by atoms with van der Waals surface area (Å²) in [5.41, 5.74) is 0.912. The zero-order valence-corrected chi connectivity index (χ0v) is 14.1. The second-order valence-electron chi connectivity index (χ2n) is 4.39. The molecular formula is C14H12BrNO3S2. The molecule has 1 heterocycles. The van der Waals surface area contributed by atoms with Gasteiger partial charge in [0.2, 0.25) is 0 Å². The van der Waals surface area contributed by atoms with Gasteiger partial charge in [0.1, 0.15) is 4.32 Å². The van der Waals surface area contributed by atoms with Gasteiger partial charge in [0.15, 0.2) is 0 Å². The Labute approximate surface area is 140 Å². The van der Waals surface area contributed by atoms with Gasteiger partial charge in [-0.05, 0) is 30.2 Å². The van der Waals surface area contributed by atoms with Crippen LogP contribution in [0.5, 0.6) is 0 Å². The number of hydrogen-bond donors (Lipinski definition) is 1. The van der Waals surface area contributed by atoms with Gasteiger partial charge in [0.05, 0.1) is 4.91 Å². The lowest BCUT2D eigenvalue weighted by Gasteiger charge is -2.13. The van der Waals surface area contributed by atoms with Gasteiger partial charge >= 0.3 is 5.97 Å². The van der Waals surface area contributed by atoms with E-state index in [1.54, 1.807) is 6.08 Å². The van der Waals surface area contributed by atoms with Crippen molar-refractivity contribution < 1.29 is 14.7 Å². The molecule has 1 aliphatic rings. The highest BCUT2D eigenvalue weighted by Crippen LogP contribution is 2.32. The van der Waals surface area contributed by atoms with Crippen LogP contribution >= 0.6 is 39.9 Å². The fourth-order valence-electron chi connectivity index (χ4n) is 1.83. The lowest BCUT2D eigenvalue weighted by Crippen LogP contribution is -2.29. The van der Waals surface area contributed by atoms with E-state index in [9.17, 15) is 9.59 Å². The van der Waals surface area contributed by atoms with Crippen LogP contribution in [0.15, 0.2) is 33.6 Å². The molecule has 0 aliphatic carbocycles. The molecule has 21 heavy (non-hydrogen) atoms. The Morgan fingerprint density at radius 3 is 2.90 bits per heavy atom. The molecule has 4 nitrogen and oxygen atoms in total. The van der Waals surface area contributed by atoms with E-state index < -0.39 is 5.97 Å². The Kier molecular flexibility index (Phi) is 5.55. The summed E-state index contributed by atoms with van der Waals surface area (Å²) in [6.45, 7) is 0.340. The molecule has 0 spiro atoms. The maximum atomic E-state index is 12.3. The molecule has 0 saturated carbocycles. The fourth-order valence-corrected chi connectivity index (χ4v) is 3.55. The SMILES string of the molecule is O=C(O)CCCN1C(=O)/C(=C/c2cccc(Br)c2)SC1=S. The predicted molar refractivity (Wildman–Crippen MR) is 90.9 cm³/mol. The van der Waals surface area contributed by atoms with Crippen molar-refractivity contribution in [3.8, 4) is 0 Å². The fraction of sp³-hybridized carbons (Fsp3) is 0.214. The van der Waals surface area contributed by atoms with Crippen LogP contribution in [-0.2, 0) is 9.59 Å². The highest BCUT2D eigenvalue weighted by Gasteiger charge is 2.31. The first kappa shape index (κ1) is 16.2. The van der Waals surface area contributed by atoms with Crippen LogP contribution < -0.4 is 0 Å². The number of halogens is 1. The summed E-state index contributed by atoms with van der Waals surface area (Å²) < 4.78 is 1.42. The highest BCUT2D eigenvalue weighted by atomic mass is 79.9. The number of thioether (sulfide) groups is 1. The second-order valence-corrected chi connectivity index (χ2v) is 6.98. The summed E-state index contributed by atoms with van der Waals surface area (Å²) in [7, 11) is 0. The van der Waals surface area contributed by atoms with Gasteiger partial charge in [0, 0.05) is 17.4 Å². The van der Waals surface area contributed by atoms with E-state index in [2.05, 4.69) is 15.9 Å². The summed E-state index contributed by atoms with van der Waals surface area (Å²) in [6, 6.07) is 7.62. The Morgan fingerprint density at radius 1 is 1.48 bits per heavy atom. The van der Waals surface area contributed by atoms with Crippen molar-refractivity contribution >= 4 is 62.2 Å². The van der Waals surface area contributed by atoms with Gasteiger partial charge in [-0.3, -0.25) is 14.5 Å². The zero-order chi connectivity index (χ0) is 15.4. The molecular weight excluding hydrogens is 374 g/mol. The van der Waals surface area contributed by atoms with E-state index in [1.807, 2.05) is 24.3 Å². The van der Waals surface area contributed by atoms with Gasteiger partial charge in [-0.1, -0.05) is 52.0 Å². The van der Waals surface area contributed by atoms with E-state index >= 15 is 0 Å². The molecule has 1 aliphatic heterocycles. The van der Waals surface area contributed by atoms with Gasteiger partial charge in [0.25, 0.3) is 5.91 Å². The average molecular weight is 386 g/mol. The Balaban J connectivity index is 2.08. The van der Waals surface area contributed by atoms with Gasteiger partial charge in [-0.25, -0.2) is 0 Å². The molecule has 2 rings (SSSR count). The first-order chi connectivity index (χ1) is 9.97. The molecule has 110 valence electrons. The van der Waals surface area contributed by atoms with E-state index in [4.69, 9.17) is 17.3 Å². The second kappa shape index (κ2) is 7.20. The molecule has 7 heteroatoms. The first-order valence-corrected chi connectivity index (χ1v) is 8.22. The lowest BCUT2D eigenvalue weighted by molar-refractivity contribution is -0.137. The van der Waals surface area contributed by atoms with Crippen molar-refractivity contribution in [1.29, 1.82) is 0 Å². The normalized spacial score (nSPS) is 16.8. The Bertz CT molecular complexity index is 630. The molecule has 0 radical (unpaired) electrons. The summed E-state index contributed by atoms with van der Waals surface area (Å²) in [6.07, 6.45) is 2.22. The van der Waals surface area contributed by atoms with Crippen LogP contribution in [0.3, 0.4) is 0 Å². The Hall–Kier alpha value is -1.18. The number of amides is 1. The summed E-state index contributed by atoms with van der Waals surface area (Å²) in [5, 5.41) is 8.63. The number of aliphatic carboxylic acids is 1. The minimum atomic E-state index is -0.870. The van der Waals surface area contributed by atoms with E-state index in [-0.39, 0.29) is 12.3 Å². The molecule has 0 aromatic heterocycles. The van der Waals surface area contributed by atoms with Gasteiger partial charge in [-0.15, -0.1) is 0 Å². The molecule has 1 amide bonds. The van der Waals surface area contributed by atoms with E-state index in [0.29, 0.717) is 22.2 Å². The number of rotatable bonds is 5. The van der Waals surface area contributed by atoms with Crippen LogP contribution in [0.25, 0.3) is 6.08 Å². The Morgan fingerprint density at radius 2 is 2.24 bits per heavy atom. The van der Waals surface area contributed by atoms with Crippen molar-refractivity contribution in [2.24, 2.45) is 0 Å². The van der Waals surface area contributed by atoms with Gasteiger partial charge < -0.3 is 5.11 Å². The number of hydrogen-bond acceptors (Lipinski definition) is 4. The molecule has 1 aromatic carbocycles. The molecule has 1 aromatic rings. The highest BCUT2D eigenvalue weighted by molar-refractivity contribution is 9.10. The number of nitrogens with zero attached hydrogens (tertiary/aromatic N) is 1. The standard InChI is InChI=1S/C14H12BrNO3S2/c15-10-4-1-3-9(7-10)8-11-13(19)16(14(20)21-11)6-2-5-12(17)18/h1,3-4,7-8H,2,5-6H2,(H,17,18)/b11-8-. The molecule has 0 bridgehead atoms. The quantitative estimate of drug-likeness (QED) is 0.620. The van der Waals surface area contributed by atoms with Crippen LogP contribution in [0.2, 0.25) is 0 Å². The number of carbonyl (C=O) groups is 2. The third kappa shape index (κ3) is 4.39.